The van der Waals surface area contributed by atoms with E-state index in [2.05, 4.69) is 61.8 Å². The third-order valence-electron chi connectivity index (χ3n) is 10.6. The van der Waals surface area contributed by atoms with Gasteiger partial charge in [-0.2, -0.15) is 9.97 Å². The zero-order valence-electron chi connectivity index (χ0n) is 32.7. The molecule has 3 unspecified atom stereocenters. The minimum absolute atomic E-state index is 0.00439. The van der Waals surface area contributed by atoms with Gasteiger partial charge in [-0.05, 0) is 80.1 Å². The smallest absolute Gasteiger partial charge is 0.318 e. The monoisotopic (exact) mass is 730 g/mol. The number of ether oxygens (including phenoxy) is 2. The molecule has 52 heavy (non-hydrogen) atoms. The molecular formula is C43H60FN4O3P. The lowest BCUT2D eigenvalue weighted by molar-refractivity contribution is 0.125. The van der Waals surface area contributed by atoms with Crippen LogP contribution in [0.1, 0.15) is 128 Å². The molecule has 2 aliphatic carbocycles. The predicted octanol–water partition coefficient (Wildman–Crippen LogP) is 10.6. The van der Waals surface area contributed by atoms with Gasteiger partial charge in [0.25, 0.3) is 0 Å². The van der Waals surface area contributed by atoms with Gasteiger partial charge >= 0.3 is 6.01 Å². The van der Waals surface area contributed by atoms with Gasteiger partial charge in [-0.1, -0.05) is 78.6 Å². The van der Waals surface area contributed by atoms with E-state index in [1.807, 2.05) is 13.6 Å². The van der Waals surface area contributed by atoms with Crippen molar-refractivity contribution in [2.45, 2.75) is 112 Å². The highest BCUT2D eigenvalue weighted by Crippen LogP contribution is 2.55. The number of phenols is 1. The van der Waals surface area contributed by atoms with Crippen molar-refractivity contribution in [2.24, 2.45) is 10.4 Å². The van der Waals surface area contributed by atoms with Crippen molar-refractivity contribution in [2.75, 3.05) is 44.5 Å². The van der Waals surface area contributed by atoms with Gasteiger partial charge in [-0.25, -0.2) is 4.39 Å². The summed E-state index contributed by atoms with van der Waals surface area (Å²) in [7, 11) is 2.42. The fourth-order valence-electron chi connectivity index (χ4n) is 8.12. The Morgan fingerprint density at radius 3 is 2.56 bits per heavy atom. The first kappa shape index (κ1) is 39.8. The summed E-state index contributed by atoms with van der Waals surface area (Å²) < 4.78 is 28.6. The van der Waals surface area contributed by atoms with Gasteiger partial charge in [-0.3, -0.25) is 4.99 Å². The maximum absolute atomic E-state index is 16.0. The molecule has 282 valence electrons. The molecule has 6 rings (SSSR count). The van der Waals surface area contributed by atoms with Crippen LogP contribution in [0.5, 0.6) is 11.8 Å². The second-order valence-corrected chi connectivity index (χ2v) is 15.0. The molecule has 1 aliphatic heterocycles. The number of aromatic nitrogens is 2. The van der Waals surface area contributed by atoms with Crippen LogP contribution < -0.4 is 9.64 Å². The van der Waals surface area contributed by atoms with Crippen LogP contribution in [-0.2, 0) is 4.74 Å². The van der Waals surface area contributed by atoms with Crippen molar-refractivity contribution in [1.29, 1.82) is 0 Å². The lowest BCUT2D eigenvalue weighted by Crippen LogP contribution is -2.32. The molecule has 3 atom stereocenters. The topological polar surface area (TPSA) is 80.1 Å². The Morgan fingerprint density at radius 1 is 1.10 bits per heavy atom. The Hall–Kier alpha value is -3.35. The van der Waals surface area contributed by atoms with Crippen LogP contribution in [0, 0.1) is 11.2 Å². The van der Waals surface area contributed by atoms with Crippen molar-refractivity contribution < 1.29 is 19.0 Å². The number of hydrogen-bond acceptors (Lipinski definition) is 7. The number of hydrogen-bond donors (Lipinski definition) is 1. The second-order valence-electron chi connectivity index (χ2n) is 15.0. The van der Waals surface area contributed by atoms with E-state index in [9.17, 15) is 5.11 Å². The summed E-state index contributed by atoms with van der Waals surface area (Å²) in [5.41, 5.74) is 6.61. The summed E-state index contributed by atoms with van der Waals surface area (Å²) in [5, 5.41) is 12.6. The van der Waals surface area contributed by atoms with Crippen LogP contribution in [0.4, 0.5) is 10.2 Å². The average Bonchev–Trinajstić information content (AvgIpc) is 3.42. The van der Waals surface area contributed by atoms with Crippen molar-refractivity contribution >= 4 is 48.3 Å². The fourth-order valence-corrected chi connectivity index (χ4v) is 8.12. The predicted molar refractivity (Wildman–Crippen MR) is 220 cm³/mol. The number of rotatable bonds is 12. The quantitative estimate of drug-likeness (QED) is 0.148. The van der Waals surface area contributed by atoms with Gasteiger partial charge in [0, 0.05) is 53.8 Å². The number of nitrogens with zero attached hydrogens (tertiary/aromatic N) is 4. The number of aromatic hydroxyl groups is 1. The number of phenolic OH excluding ortho intramolecular Hbond substituents is 1. The summed E-state index contributed by atoms with van der Waals surface area (Å²) in [6.07, 6.45) is 11.0. The fraction of sp³-hybridized carbons (Fsp3) is 0.558. The lowest BCUT2D eigenvalue weighted by Gasteiger charge is -2.37. The van der Waals surface area contributed by atoms with E-state index < -0.39 is 0 Å². The first-order chi connectivity index (χ1) is 25.1. The molecule has 0 saturated carbocycles. The molecule has 2 heterocycles. The third-order valence-corrected chi connectivity index (χ3v) is 10.6. The van der Waals surface area contributed by atoms with Gasteiger partial charge in [0.2, 0.25) is 0 Å². The minimum Gasteiger partial charge on any atom is -0.508 e. The van der Waals surface area contributed by atoms with E-state index in [0.717, 1.165) is 94.5 Å². The first-order valence-electron chi connectivity index (χ1n) is 19.5. The Balaban J connectivity index is 0.00000257. The summed E-state index contributed by atoms with van der Waals surface area (Å²) in [6.45, 7) is 20.3. The standard InChI is InChI=1S/C42H55FN4O3.CH5P/c1-8-11-13-18-42(7,17-12-9-2)25-50-41-45-39-34-27(6)33-32(43)16-15-28-23-29(48)24-31(35(28)33)36(34)38(44-26(4)5)30(10-3)37(39)40(46-41)47-19-14-21-49-22-20-47;1-2/h10,15-16,23-24,26-27,48H,8-9,11-14,17-22,25H2,1-7H3;2H2,1H3/b30-10-,44-38?;. The molecule has 2 aromatic carbocycles. The van der Waals surface area contributed by atoms with E-state index in [0.29, 0.717) is 37.9 Å². The van der Waals surface area contributed by atoms with Crippen LogP contribution in [0.2, 0.25) is 0 Å². The van der Waals surface area contributed by atoms with Crippen molar-refractivity contribution in [3.63, 3.8) is 0 Å². The molecule has 9 heteroatoms. The highest BCUT2D eigenvalue weighted by atomic mass is 31.0. The molecule has 0 bridgehead atoms. The maximum atomic E-state index is 16.0. The Labute approximate surface area is 313 Å². The van der Waals surface area contributed by atoms with E-state index in [1.54, 1.807) is 18.2 Å². The van der Waals surface area contributed by atoms with Crippen molar-refractivity contribution in [3.8, 4) is 11.8 Å². The number of unbranched alkanes of at least 4 members (excludes halogenated alkanes) is 3. The number of anilines is 1. The van der Waals surface area contributed by atoms with Crippen molar-refractivity contribution in [3.05, 3.63) is 58.5 Å². The van der Waals surface area contributed by atoms with Gasteiger partial charge in [0.15, 0.2) is 0 Å². The lowest BCUT2D eigenvalue weighted by atomic mass is 9.69. The highest BCUT2D eigenvalue weighted by Gasteiger charge is 2.41. The molecule has 1 fully saturated rings. The first-order valence-corrected chi connectivity index (χ1v) is 20.7. The Bertz CT molecular complexity index is 1830. The molecular weight excluding hydrogens is 670 g/mol. The second kappa shape index (κ2) is 17.6. The zero-order chi connectivity index (χ0) is 37.6. The third kappa shape index (κ3) is 8.09. The molecule has 3 aromatic rings. The SMILES string of the molecule is C/C=C1\C(=NC(C)C)C2=C(c3nc(OCC(C)(CCCC)CCCCC)nc(N4CCCOCC4)c31)C(C)c1c(F)ccc3cc(O)cc2c13.CP. The van der Waals surface area contributed by atoms with Crippen molar-refractivity contribution in [1.82, 2.24) is 9.97 Å². The van der Waals surface area contributed by atoms with E-state index >= 15 is 4.39 Å². The van der Waals surface area contributed by atoms with Crippen LogP contribution in [0.25, 0.3) is 27.5 Å². The molecule has 1 saturated heterocycles. The van der Waals surface area contributed by atoms with Crippen LogP contribution >= 0.6 is 9.24 Å². The molecule has 0 radical (unpaired) electrons. The molecule has 3 aliphatic rings. The maximum Gasteiger partial charge on any atom is 0.318 e. The average molecular weight is 731 g/mol. The van der Waals surface area contributed by atoms with Gasteiger partial charge < -0.3 is 19.5 Å². The number of aliphatic imine (C=N–C) groups is 1. The van der Waals surface area contributed by atoms with Gasteiger partial charge in [0.05, 0.1) is 30.2 Å². The number of benzene rings is 2. The van der Waals surface area contributed by atoms with E-state index in [1.165, 1.54) is 25.3 Å². The normalized spacial score (nSPS) is 19.7. The Kier molecular flexibility index (Phi) is 13.5. The van der Waals surface area contributed by atoms with Crippen LogP contribution in [-0.4, -0.2) is 66.4 Å². The van der Waals surface area contributed by atoms with Gasteiger partial charge in [0.1, 0.15) is 17.4 Å². The summed E-state index contributed by atoms with van der Waals surface area (Å²) in [5.74, 6) is 0.334. The molecule has 7 nitrogen and oxygen atoms in total. The summed E-state index contributed by atoms with van der Waals surface area (Å²) >= 11 is 0. The van der Waals surface area contributed by atoms with Crippen LogP contribution in [0.3, 0.4) is 0 Å². The molecule has 1 N–H and O–H groups in total. The van der Waals surface area contributed by atoms with Crippen LogP contribution in [0.15, 0.2) is 35.3 Å². The van der Waals surface area contributed by atoms with E-state index in [4.69, 9.17) is 24.4 Å². The highest BCUT2D eigenvalue weighted by molar-refractivity contribution is 7.15. The zero-order valence-corrected chi connectivity index (χ0v) is 33.9. The largest absolute Gasteiger partial charge is 0.508 e. The number of fused-ring (bicyclic) bond motifs is 3. The molecule has 0 spiro atoms. The summed E-state index contributed by atoms with van der Waals surface area (Å²) in [4.78, 5) is 18.1. The molecule has 0 amide bonds. The minimum atomic E-state index is -0.341. The van der Waals surface area contributed by atoms with E-state index in [-0.39, 0.29) is 28.9 Å². The number of allylic oxidation sites excluding steroid dienone is 4. The Morgan fingerprint density at radius 2 is 1.85 bits per heavy atom. The number of halogens is 1. The summed E-state index contributed by atoms with van der Waals surface area (Å²) in [6, 6.07) is 7.09. The molecule has 1 aromatic heterocycles. The van der Waals surface area contributed by atoms with Gasteiger partial charge in [-0.15, -0.1) is 9.24 Å².